The van der Waals surface area contributed by atoms with E-state index in [-0.39, 0.29) is 11.9 Å². The molecule has 1 amide bonds. The Balaban J connectivity index is 1.56. The van der Waals surface area contributed by atoms with Crippen LogP contribution in [0.25, 0.3) is 10.9 Å². The van der Waals surface area contributed by atoms with E-state index in [1.54, 1.807) is 29.7 Å². The molecule has 8 heteroatoms. The molecule has 1 N–H and O–H groups in total. The van der Waals surface area contributed by atoms with Crippen LogP contribution in [0.2, 0.25) is 5.02 Å². The van der Waals surface area contributed by atoms with Gasteiger partial charge in [-0.15, -0.1) is 0 Å². The number of aryl methyl sites for hydroxylation is 1. The molecule has 1 unspecified atom stereocenters. The van der Waals surface area contributed by atoms with Gasteiger partial charge in [-0.1, -0.05) is 35.9 Å². The van der Waals surface area contributed by atoms with E-state index in [4.69, 9.17) is 16.3 Å². The highest BCUT2D eigenvalue weighted by Gasteiger charge is 2.30. The van der Waals surface area contributed by atoms with Crippen LogP contribution in [0.1, 0.15) is 27.5 Å². The Bertz CT molecular complexity index is 1270. The third kappa shape index (κ3) is 4.55. The number of H-pyrrole nitrogens is 1. The lowest BCUT2D eigenvalue weighted by Gasteiger charge is -2.37. The van der Waals surface area contributed by atoms with Gasteiger partial charge < -0.3 is 9.72 Å². The van der Waals surface area contributed by atoms with Crippen molar-refractivity contribution < 1.29 is 9.53 Å². The molecule has 0 radical (unpaired) electrons. The van der Waals surface area contributed by atoms with Crippen LogP contribution in [0.4, 0.5) is 5.82 Å². The largest absolute Gasteiger partial charge is 0.379 e. The first kappa shape index (κ1) is 22.5. The maximum Gasteiger partial charge on any atom is 0.261 e. The fourth-order valence-corrected chi connectivity index (χ4v) is 4.70. The molecule has 1 saturated heterocycles. The summed E-state index contributed by atoms with van der Waals surface area (Å²) in [6, 6.07) is 13.8. The van der Waals surface area contributed by atoms with Crippen LogP contribution in [-0.2, 0) is 4.74 Å². The molecule has 7 nitrogen and oxygen atoms in total. The minimum atomic E-state index is -0.117. The predicted molar refractivity (Wildman–Crippen MR) is 133 cm³/mol. The maximum absolute atomic E-state index is 14.1. The second-order valence-electron chi connectivity index (χ2n) is 8.39. The van der Waals surface area contributed by atoms with Crippen molar-refractivity contribution in [2.45, 2.75) is 13.0 Å². The molecular weight excluding hydrogens is 450 g/mol. The minimum Gasteiger partial charge on any atom is -0.379 e. The monoisotopic (exact) mass is 475 g/mol. The molecule has 1 atom stereocenters. The van der Waals surface area contributed by atoms with Gasteiger partial charge >= 0.3 is 0 Å². The number of hydrogen-bond acceptors (Lipinski definition) is 5. The van der Waals surface area contributed by atoms with Crippen LogP contribution in [0.15, 0.2) is 67.3 Å². The maximum atomic E-state index is 14.1. The van der Waals surface area contributed by atoms with Crippen LogP contribution in [-0.4, -0.2) is 58.6 Å². The van der Waals surface area contributed by atoms with E-state index >= 15 is 0 Å². The first-order valence-corrected chi connectivity index (χ1v) is 11.7. The van der Waals surface area contributed by atoms with Crippen molar-refractivity contribution in [1.82, 2.24) is 19.9 Å². The highest BCUT2D eigenvalue weighted by Crippen LogP contribution is 2.29. The van der Waals surface area contributed by atoms with Crippen molar-refractivity contribution in [1.29, 1.82) is 0 Å². The Kier molecular flexibility index (Phi) is 6.58. The number of nitrogens with zero attached hydrogens (tertiary/aromatic N) is 4. The molecule has 34 heavy (non-hydrogen) atoms. The molecular formula is C26H26ClN5O2. The molecule has 0 saturated carbocycles. The summed E-state index contributed by atoms with van der Waals surface area (Å²) in [5.41, 5.74) is 3.69. The lowest BCUT2D eigenvalue weighted by molar-refractivity contribution is 0.0175. The molecule has 3 heterocycles. The predicted octanol–water partition coefficient (Wildman–Crippen LogP) is 4.64. The molecule has 0 spiro atoms. The van der Waals surface area contributed by atoms with Gasteiger partial charge in [0.2, 0.25) is 0 Å². The van der Waals surface area contributed by atoms with Gasteiger partial charge in [0.1, 0.15) is 0 Å². The third-order valence-corrected chi connectivity index (χ3v) is 6.56. The third-order valence-electron chi connectivity index (χ3n) is 6.31. The highest BCUT2D eigenvalue weighted by molar-refractivity contribution is 6.30. The van der Waals surface area contributed by atoms with Gasteiger partial charge in [0.25, 0.3) is 5.91 Å². The van der Waals surface area contributed by atoms with Gasteiger partial charge in [-0.2, -0.15) is 0 Å². The average Bonchev–Trinajstić information content (AvgIpc) is 3.32. The Morgan fingerprint density at radius 2 is 1.97 bits per heavy atom. The fraction of sp³-hybridized carbons (Fsp3) is 0.269. The Morgan fingerprint density at radius 3 is 2.71 bits per heavy atom. The Labute approximate surface area is 203 Å². The first-order valence-electron chi connectivity index (χ1n) is 11.3. The highest BCUT2D eigenvalue weighted by atomic mass is 35.5. The Morgan fingerprint density at radius 1 is 1.18 bits per heavy atom. The number of hydrogen-bond donors (Lipinski definition) is 1. The summed E-state index contributed by atoms with van der Waals surface area (Å²) in [5.74, 6) is 0.399. The number of carbonyl (C=O) groups excluding carboxylic acids is 1. The van der Waals surface area contributed by atoms with E-state index in [1.807, 2.05) is 49.4 Å². The van der Waals surface area contributed by atoms with Gasteiger partial charge in [0, 0.05) is 54.2 Å². The number of ether oxygens (including phenoxy) is 1. The van der Waals surface area contributed by atoms with E-state index in [0.717, 1.165) is 35.1 Å². The summed E-state index contributed by atoms with van der Waals surface area (Å²) in [6.07, 6.45) is 6.65. The van der Waals surface area contributed by atoms with Crippen molar-refractivity contribution in [2.24, 2.45) is 0 Å². The van der Waals surface area contributed by atoms with Gasteiger partial charge in [0.05, 0.1) is 31.0 Å². The van der Waals surface area contributed by atoms with Gasteiger partial charge in [-0.25, -0.2) is 4.98 Å². The summed E-state index contributed by atoms with van der Waals surface area (Å²) in [5, 5.41) is 1.61. The quantitative estimate of drug-likeness (QED) is 0.439. The molecule has 2 aromatic heterocycles. The summed E-state index contributed by atoms with van der Waals surface area (Å²) in [4.78, 5) is 30.1. The van der Waals surface area contributed by atoms with E-state index in [9.17, 15) is 4.79 Å². The fourth-order valence-electron chi connectivity index (χ4n) is 4.57. The van der Waals surface area contributed by atoms with Crippen LogP contribution >= 0.6 is 11.6 Å². The molecule has 0 aliphatic carbocycles. The lowest BCUT2D eigenvalue weighted by Crippen LogP contribution is -2.45. The number of halogens is 1. The van der Waals surface area contributed by atoms with Gasteiger partial charge in [-0.3, -0.25) is 19.6 Å². The normalized spacial score (nSPS) is 15.4. The number of carbonyl (C=O) groups is 1. The number of aromatic amines is 1. The number of rotatable bonds is 6. The zero-order chi connectivity index (χ0) is 23.5. The lowest BCUT2D eigenvalue weighted by atomic mass is 10.0. The molecule has 1 fully saturated rings. The number of morpholine rings is 1. The van der Waals surface area contributed by atoms with Crippen molar-refractivity contribution in [3.05, 3.63) is 89.0 Å². The SMILES string of the molecule is Cc1cccc2[nH]cc(C(=O)N(CC(c3ccc(Cl)cc3)N3CCOCC3)c3cnccn3)c12. The molecule has 0 bridgehead atoms. The van der Waals surface area contributed by atoms with E-state index in [0.29, 0.717) is 36.2 Å². The number of nitrogens with one attached hydrogen (secondary N) is 1. The van der Waals surface area contributed by atoms with Crippen molar-refractivity contribution in [3.8, 4) is 0 Å². The Hall–Kier alpha value is -3.26. The van der Waals surface area contributed by atoms with Gasteiger partial charge in [0.15, 0.2) is 5.82 Å². The number of fused-ring (bicyclic) bond motifs is 1. The van der Waals surface area contributed by atoms with Crippen LogP contribution in [0, 0.1) is 6.92 Å². The number of benzene rings is 2. The molecule has 5 rings (SSSR count). The zero-order valence-corrected chi connectivity index (χ0v) is 19.7. The molecule has 2 aromatic carbocycles. The summed E-state index contributed by atoms with van der Waals surface area (Å²) in [7, 11) is 0. The average molecular weight is 476 g/mol. The summed E-state index contributed by atoms with van der Waals surface area (Å²) >= 11 is 6.17. The molecule has 1 aliphatic rings. The van der Waals surface area contributed by atoms with E-state index < -0.39 is 0 Å². The van der Waals surface area contributed by atoms with Crippen molar-refractivity contribution in [2.75, 3.05) is 37.7 Å². The summed E-state index contributed by atoms with van der Waals surface area (Å²) in [6.45, 7) is 5.31. The van der Waals surface area contributed by atoms with Crippen LogP contribution in [0.3, 0.4) is 0 Å². The minimum absolute atomic E-state index is 0.0570. The number of anilines is 1. The second kappa shape index (κ2) is 9.93. The standard InChI is InChI=1S/C26H26ClN5O2/c1-18-3-2-4-22-25(18)21(15-30-22)26(33)32(24-16-28-9-10-29-24)17-23(31-11-13-34-14-12-31)19-5-7-20(27)8-6-19/h2-10,15-16,23,30H,11-14,17H2,1H3. The smallest absolute Gasteiger partial charge is 0.261 e. The van der Waals surface area contributed by atoms with Gasteiger partial charge in [-0.05, 0) is 36.2 Å². The summed E-state index contributed by atoms with van der Waals surface area (Å²) < 4.78 is 5.59. The zero-order valence-electron chi connectivity index (χ0n) is 18.9. The van der Waals surface area contributed by atoms with Crippen molar-refractivity contribution >= 4 is 34.2 Å². The number of aromatic nitrogens is 3. The molecule has 4 aromatic rings. The van der Waals surface area contributed by atoms with Crippen LogP contribution in [0.5, 0.6) is 0 Å². The second-order valence-corrected chi connectivity index (χ2v) is 8.83. The molecule has 1 aliphatic heterocycles. The van der Waals surface area contributed by atoms with E-state index in [2.05, 4.69) is 19.9 Å². The topological polar surface area (TPSA) is 74.4 Å². The van der Waals surface area contributed by atoms with Crippen LogP contribution < -0.4 is 4.90 Å². The first-order chi connectivity index (χ1) is 16.6. The van der Waals surface area contributed by atoms with Crippen molar-refractivity contribution in [3.63, 3.8) is 0 Å². The number of amides is 1. The molecule has 174 valence electrons. The van der Waals surface area contributed by atoms with E-state index in [1.165, 1.54) is 0 Å².